The summed E-state index contributed by atoms with van der Waals surface area (Å²) >= 11 is 0. The fourth-order valence-electron chi connectivity index (χ4n) is 3.99. The molecule has 2 N–H and O–H groups in total. The van der Waals surface area contributed by atoms with Crippen molar-refractivity contribution in [2.75, 3.05) is 13.1 Å². The maximum Gasteiger partial charge on any atom is 0.0111 e. The average molecular weight is 236 g/mol. The zero-order valence-electron chi connectivity index (χ0n) is 11.1. The second kappa shape index (κ2) is 5.71. The monoisotopic (exact) mass is 236 g/mol. The van der Waals surface area contributed by atoms with Gasteiger partial charge >= 0.3 is 0 Å². The minimum atomic E-state index is 0.819. The van der Waals surface area contributed by atoms with Crippen molar-refractivity contribution in [3.63, 3.8) is 0 Å². The van der Waals surface area contributed by atoms with E-state index in [2.05, 4.69) is 10.6 Å². The van der Waals surface area contributed by atoms with Crippen LogP contribution in [0.25, 0.3) is 0 Å². The molecule has 17 heavy (non-hydrogen) atoms. The standard InChI is InChI=1S/C15H28N2/c1-2-8-15(17-11-12-5-3-6-12)13(7-1)14-9-4-10-16-14/h12-17H,1-11H2. The van der Waals surface area contributed by atoms with Crippen LogP contribution in [0, 0.1) is 11.8 Å². The van der Waals surface area contributed by atoms with Crippen LogP contribution in [0.2, 0.25) is 0 Å². The van der Waals surface area contributed by atoms with Crippen molar-refractivity contribution in [2.45, 2.75) is 69.9 Å². The molecule has 2 saturated carbocycles. The lowest BCUT2D eigenvalue weighted by Crippen LogP contribution is -2.48. The van der Waals surface area contributed by atoms with Gasteiger partial charge in [0.05, 0.1) is 0 Å². The highest BCUT2D eigenvalue weighted by Crippen LogP contribution is 2.32. The van der Waals surface area contributed by atoms with E-state index in [0.717, 1.165) is 23.9 Å². The predicted molar refractivity (Wildman–Crippen MR) is 72.1 cm³/mol. The Kier molecular flexibility index (Phi) is 4.02. The molecule has 98 valence electrons. The maximum absolute atomic E-state index is 3.91. The Hall–Kier alpha value is -0.0800. The van der Waals surface area contributed by atoms with E-state index >= 15 is 0 Å². The molecule has 3 fully saturated rings. The van der Waals surface area contributed by atoms with E-state index < -0.39 is 0 Å². The van der Waals surface area contributed by atoms with Crippen molar-refractivity contribution >= 4 is 0 Å². The fraction of sp³-hybridized carbons (Fsp3) is 1.00. The fourth-order valence-corrected chi connectivity index (χ4v) is 3.99. The highest BCUT2D eigenvalue weighted by molar-refractivity contribution is 4.92. The molecule has 2 aliphatic carbocycles. The summed E-state index contributed by atoms with van der Waals surface area (Å²) in [6.45, 7) is 2.56. The zero-order chi connectivity index (χ0) is 11.5. The maximum atomic E-state index is 3.91. The molecule has 3 atom stereocenters. The summed E-state index contributed by atoms with van der Waals surface area (Å²) in [5.74, 6) is 1.93. The van der Waals surface area contributed by atoms with Crippen molar-refractivity contribution in [3.8, 4) is 0 Å². The number of hydrogen-bond donors (Lipinski definition) is 2. The van der Waals surface area contributed by atoms with Gasteiger partial charge in [-0.05, 0) is 63.5 Å². The molecule has 3 unspecified atom stereocenters. The van der Waals surface area contributed by atoms with Crippen molar-refractivity contribution in [1.82, 2.24) is 10.6 Å². The first-order chi connectivity index (χ1) is 8.43. The second-order valence-corrected chi connectivity index (χ2v) is 6.46. The van der Waals surface area contributed by atoms with E-state index in [-0.39, 0.29) is 0 Å². The van der Waals surface area contributed by atoms with Crippen LogP contribution in [0.5, 0.6) is 0 Å². The lowest BCUT2D eigenvalue weighted by atomic mass is 9.78. The van der Waals surface area contributed by atoms with Crippen LogP contribution in [0.3, 0.4) is 0 Å². The summed E-state index contributed by atoms with van der Waals surface area (Å²) in [4.78, 5) is 0. The molecular weight excluding hydrogens is 208 g/mol. The van der Waals surface area contributed by atoms with Crippen molar-refractivity contribution < 1.29 is 0 Å². The van der Waals surface area contributed by atoms with E-state index in [1.54, 1.807) is 0 Å². The lowest BCUT2D eigenvalue weighted by Gasteiger charge is -2.38. The van der Waals surface area contributed by atoms with E-state index in [4.69, 9.17) is 0 Å². The predicted octanol–water partition coefficient (Wildman–Crippen LogP) is 2.69. The van der Waals surface area contributed by atoms with Crippen LogP contribution in [0.15, 0.2) is 0 Å². The van der Waals surface area contributed by atoms with Gasteiger partial charge in [0.1, 0.15) is 0 Å². The number of nitrogens with one attached hydrogen (secondary N) is 2. The van der Waals surface area contributed by atoms with E-state index in [9.17, 15) is 0 Å². The van der Waals surface area contributed by atoms with E-state index in [0.29, 0.717) is 0 Å². The summed E-state index contributed by atoms with van der Waals surface area (Å²) in [6.07, 6.45) is 13.1. The molecule has 2 nitrogen and oxygen atoms in total. The summed E-state index contributed by atoms with van der Waals surface area (Å²) in [6, 6.07) is 1.65. The lowest BCUT2D eigenvalue weighted by molar-refractivity contribution is 0.193. The Morgan fingerprint density at radius 3 is 2.47 bits per heavy atom. The molecule has 0 bridgehead atoms. The zero-order valence-corrected chi connectivity index (χ0v) is 11.1. The van der Waals surface area contributed by atoms with Gasteiger partial charge in [0.15, 0.2) is 0 Å². The molecule has 3 aliphatic rings. The largest absolute Gasteiger partial charge is 0.314 e. The molecule has 1 aliphatic heterocycles. The van der Waals surface area contributed by atoms with E-state index in [1.165, 1.54) is 70.9 Å². The minimum absolute atomic E-state index is 0.819. The molecular formula is C15H28N2. The van der Waals surface area contributed by atoms with Gasteiger partial charge in [-0.15, -0.1) is 0 Å². The van der Waals surface area contributed by atoms with Gasteiger partial charge in [-0.2, -0.15) is 0 Å². The van der Waals surface area contributed by atoms with Crippen LogP contribution in [-0.4, -0.2) is 25.2 Å². The average Bonchev–Trinajstić information content (AvgIpc) is 2.81. The number of rotatable bonds is 4. The Morgan fingerprint density at radius 2 is 1.76 bits per heavy atom. The van der Waals surface area contributed by atoms with Crippen LogP contribution in [-0.2, 0) is 0 Å². The molecule has 1 saturated heterocycles. The molecule has 0 aromatic rings. The van der Waals surface area contributed by atoms with Crippen molar-refractivity contribution in [2.24, 2.45) is 11.8 Å². The quantitative estimate of drug-likeness (QED) is 0.784. The first kappa shape index (κ1) is 12.0. The summed E-state index contributed by atoms with van der Waals surface area (Å²) < 4.78 is 0. The van der Waals surface area contributed by atoms with Crippen LogP contribution in [0.4, 0.5) is 0 Å². The van der Waals surface area contributed by atoms with Crippen LogP contribution < -0.4 is 10.6 Å². The summed E-state index contributed by atoms with van der Waals surface area (Å²) in [5, 5.41) is 7.64. The van der Waals surface area contributed by atoms with Gasteiger partial charge < -0.3 is 10.6 Å². The van der Waals surface area contributed by atoms with Crippen LogP contribution >= 0.6 is 0 Å². The molecule has 0 aromatic heterocycles. The first-order valence-electron chi connectivity index (χ1n) is 7.90. The first-order valence-corrected chi connectivity index (χ1v) is 7.90. The van der Waals surface area contributed by atoms with E-state index in [1.807, 2.05) is 0 Å². The molecule has 3 rings (SSSR count). The van der Waals surface area contributed by atoms with Gasteiger partial charge in [0.25, 0.3) is 0 Å². The van der Waals surface area contributed by atoms with Gasteiger partial charge in [0, 0.05) is 12.1 Å². The molecule has 0 aromatic carbocycles. The summed E-state index contributed by atoms with van der Waals surface area (Å²) in [7, 11) is 0. The summed E-state index contributed by atoms with van der Waals surface area (Å²) in [5.41, 5.74) is 0. The molecule has 0 amide bonds. The molecule has 1 heterocycles. The Morgan fingerprint density at radius 1 is 0.882 bits per heavy atom. The van der Waals surface area contributed by atoms with Gasteiger partial charge in [-0.1, -0.05) is 19.3 Å². The third kappa shape index (κ3) is 2.85. The van der Waals surface area contributed by atoms with Gasteiger partial charge in [0.2, 0.25) is 0 Å². The van der Waals surface area contributed by atoms with Gasteiger partial charge in [-0.3, -0.25) is 0 Å². The highest BCUT2D eigenvalue weighted by Gasteiger charge is 2.33. The Balaban J connectivity index is 1.51. The third-order valence-electron chi connectivity index (χ3n) is 5.33. The molecule has 2 heteroatoms. The highest BCUT2D eigenvalue weighted by atomic mass is 15.0. The normalized spacial score (nSPS) is 39.2. The number of hydrogen-bond acceptors (Lipinski definition) is 2. The molecule has 0 spiro atoms. The Bertz CT molecular complexity index is 231. The smallest absolute Gasteiger partial charge is 0.0111 e. The van der Waals surface area contributed by atoms with Crippen LogP contribution in [0.1, 0.15) is 57.8 Å². The second-order valence-electron chi connectivity index (χ2n) is 6.46. The van der Waals surface area contributed by atoms with Gasteiger partial charge in [-0.25, -0.2) is 0 Å². The Labute approximate surface area is 106 Å². The van der Waals surface area contributed by atoms with Crippen molar-refractivity contribution in [3.05, 3.63) is 0 Å². The topological polar surface area (TPSA) is 24.1 Å². The third-order valence-corrected chi connectivity index (χ3v) is 5.33. The minimum Gasteiger partial charge on any atom is -0.314 e. The van der Waals surface area contributed by atoms with Crippen molar-refractivity contribution in [1.29, 1.82) is 0 Å². The molecule has 0 radical (unpaired) electrons. The SMILES string of the molecule is C1CC(CNC2CCCCC2C2CCCN2)C1.